The van der Waals surface area contributed by atoms with Crippen molar-refractivity contribution in [3.05, 3.63) is 29.9 Å². The van der Waals surface area contributed by atoms with Crippen molar-refractivity contribution in [1.29, 1.82) is 0 Å². The van der Waals surface area contributed by atoms with Gasteiger partial charge in [-0.05, 0) is 17.7 Å². The van der Waals surface area contributed by atoms with Gasteiger partial charge >= 0.3 is 0 Å². The van der Waals surface area contributed by atoms with Crippen LogP contribution in [0.25, 0.3) is 22.3 Å². The van der Waals surface area contributed by atoms with Gasteiger partial charge in [-0.1, -0.05) is 13.8 Å². The summed E-state index contributed by atoms with van der Waals surface area (Å²) in [5, 5.41) is 14.3. The van der Waals surface area contributed by atoms with E-state index in [0.717, 1.165) is 10.9 Å². The molecule has 3 aromatic heterocycles. The second-order valence-electron chi connectivity index (χ2n) is 3.91. The highest BCUT2D eigenvalue weighted by Crippen LogP contribution is 2.27. The van der Waals surface area contributed by atoms with Crippen molar-refractivity contribution in [2.45, 2.75) is 20.6 Å². The number of fused-ring (bicyclic) bond motifs is 1. The fourth-order valence-electron chi connectivity index (χ4n) is 1.92. The van der Waals surface area contributed by atoms with Gasteiger partial charge in [-0.2, -0.15) is 10.1 Å². The number of aliphatic hydroxyl groups excluding tert-OH is 1. The highest BCUT2D eigenvalue weighted by Gasteiger charge is 2.13. The monoisotopic (exact) mass is 293 g/mol. The van der Waals surface area contributed by atoms with E-state index in [0.29, 0.717) is 11.3 Å². The predicted molar refractivity (Wildman–Crippen MR) is 78.3 cm³/mol. The second kappa shape index (κ2) is 6.02. The molecule has 0 bridgehead atoms. The van der Waals surface area contributed by atoms with E-state index >= 15 is 0 Å². The Balaban J connectivity index is 0.000000704. The summed E-state index contributed by atoms with van der Waals surface area (Å²) >= 11 is 5.92. The normalized spacial score (nSPS) is 10.4. The van der Waals surface area contributed by atoms with Crippen molar-refractivity contribution < 1.29 is 5.11 Å². The van der Waals surface area contributed by atoms with E-state index in [1.165, 1.54) is 0 Å². The van der Waals surface area contributed by atoms with Gasteiger partial charge < -0.3 is 9.67 Å². The van der Waals surface area contributed by atoms with Gasteiger partial charge in [-0.3, -0.25) is 4.68 Å². The Labute approximate surface area is 121 Å². The Bertz CT molecular complexity index is 719. The summed E-state index contributed by atoms with van der Waals surface area (Å²) in [4.78, 5) is 8.37. The maximum absolute atomic E-state index is 9.22. The van der Waals surface area contributed by atoms with Crippen molar-refractivity contribution in [3.8, 4) is 11.3 Å². The molecule has 3 rings (SSSR count). The number of hydrogen-bond donors (Lipinski definition) is 1. The largest absolute Gasteiger partial charge is 0.376 e. The minimum Gasteiger partial charge on any atom is -0.376 e. The molecule has 0 aliphatic rings. The highest BCUT2D eigenvalue weighted by molar-refractivity contribution is 6.28. The van der Waals surface area contributed by atoms with E-state index in [-0.39, 0.29) is 12.0 Å². The Kier molecular flexibility index (Phi) is 4.36. The van der Waals surface area contributed by atoms with E-state index in [9.17, 15) is 5.11 Å². The molecule has 0 aromatic carbocycles. The first kappa shape index (κ1) is 14.5. The standard InChI is InChI=1S/C11H10ClN5O.C2H6/c1-16-5-7(4-13-16)9-8-2-3-17(6-18)10(8)15-11(12)14-9;1-2/h2-5,18H,6H2,1H3;1-2H3. The number of nitrogens with zero attached hydrogens (tertiary/aromatic N) is 5. The highest BCUT2D eigenvalue weighted by atomic mass is 35.5. The van der Waals surface area contributed by atoms with Gasteiger partial charge in [-0.25, -0.2) is 4.98 Å². The number of aromatic nitrogens is 5. The van der Waals surface area contributed by atoms with E-state index < -0.39 is 0 Å². The number of hydrogen-bond acceptors (Lipinski definition) is 4. The first-order valence-corrected chi connectivity index (χ1v) is 6.69. The van der Waals surface area contributed by atoms with Gasteiger partial charge in [0.15, 0.2) is 0 Å². The minimum absolute atomic E-state index is 0.148. The van der Waals surface area contributed by atoms with Crippen molar-refractivity contribution in [2.24, 2.45) is 7.05 Å². The lowest BCUT2D eigenvalue weighted by molar-refractivity contribution is 0.215. The first-order chi connectivity index (χ1) is 9.69. The molecule has 0 saturated heterocycles. The molecule has 0 radical (unpaired) electrons. The van der Waals surface area contributed by atoms with E-state index in [2.05, 4.69) is 15.1 Å². The lowest BCUT2D eigenvalue weighted by Crippen LogP contribution is -1.97. The average molecular weight is 294 g/mol. The molecule has 0 spiro atoms. The van der Waals surface area contributed by atoms with Crippen LogP contribution in [-0.2, 0) is 13.8 Å². The smallest absolute Gasteiger partial charge is 0.224 e. The summed E-state index contributed by atoms with van der Waals surface area (Å²) in [6.45, 7) is 3.85. The lowest BCUT2D eigenvalue weighted by Gasteiger charge is -2.02. The molecule has 0 unspecified atom stereocenters. The molecule has 0 aliphatic heterocycles. The predicted octanol–water partition coefficient (Wildman–Crippen LogP) is 2.46. The van der Waals surface area contributed by atoms with Crippen molar-refractivity contribution in [2.75, 3.05) is 0 Å². The molecule has 7 heteroatoms. The molecule has 0 atom stereocenters. The van der Waals surface area contributed by atoms with Gasteiger partial charge in [-0.15, -0.1) is 0 Å². The van der Waals surface area contributed by atoms with Crippen LogP contribution in [0.15, 0.2) is 24.7 Å². The number of aliphatic hydroxyl groups is 1. The fraction of sp³-hybridized carbons (Fsp3) is 0.308. The van der Waals surface area contributed by atoms with Crippen LogP contribution in [0.5, 0.6) is 0 Å². The molecule has 0 saturated carbocycles. The number of halogens is 1. The topological polar surface area (TPSA) is 68.8 Å². The zero-order valence-electron chi connectivity index (χ0n) is 11.6. The molecular weight excluding hydrogens is 278 g/mol. The maximum Gasteiger partial charge on any atom is 0.224 e. The summed E-state index contributed by atoms with van der Waals surface area (Å²) in [5.41, 5.74) is 2.18. The third kappa shape index (κ3) is 2.52. The molecule has 6 nitrogen and oxygen atoms in total. The van der Waals surface area contributed by atoms with Crippen LogP contribution in [0.3, 0.4) is 0 Å². The van der Waals surface area contributed by atoms with E-state index in [1.807, 2.05) is 33.2 Å². The Morgan fingerprint density at radius 3 is 2.65 bits per heavy atom. The maximum atomic E-state index is 9.22. The third-order valence-corrected chi connectivity index (χ3v) is 2.89. The SMILES string of the molecule is CC.Cn1cc(-c2nc(Cl)nc3c2ccn3CO)cn1. The van der Waals surface area contributed by atoms with Gasteiger partial charge in [0.1, 0.15) is 12.4 Å². The molecule has 106 valence electrons. The fourth-order valence-corrected chi connectivity index (χ4v) is 2.08. The average Bonchev–Trinajstić information content (AvgIpc) is 3.06. The molecule has 0 aliphatic carbocycles. The lowest BCUT2D eigenvalue weighted by atomic mass is 10.2. The van der Waals surface area contributed by atoms with Crippen LogP contribution < -0.4 is 0 Å². The van der Waals surface area contributed by atoms with Crippen molar-refractivity contribution in [3.63, 3.8) is 0 Å². The molecule has 0 fully saturated rings. The summed E-state index contributed by atoms with van der Waals surface area (Å²) in [7, 11) is 1.84. The second-order valence-corrected chi connectivity index (χ2v) is 4.25. The molecule has 0 amide bonds. The molecule has 20 heavy (non-hydrogen) atoms. The zero-order valence-corrected chi connectivity index (χ0v) is 12.3. The van der Waals surface area contributed by atoms with Gasteiger partial charge in [0.25, 0.3) is 0 Å². The van der Waals surface area contributed by atoms with Crippen LogP contribution >= 0.6 is 11.6 Å². The number of aryl methyl sites for hydroxylation is 1. The van der Waals surface area contributed by atoms with Crippen LogP contribution in [0.2, 0.25) is 5.28 Å². The van der Waals surface area contributed by atoms with Crippen molar-refractivity contribution >= 4 is 22.6 Å². The first-order valence-electron chi connectivity index (χ1n) is 6.31. The third-order valence-electron chi connectivity index (χ3n) is 2.72. The molecular formula is C13H16ClN5O. The molecule has 3 aromatic rings. The summed E-state index contributed by atoms with van der Waals surface area (Å²) < 4.78 is 3.29. The molecule has 1 N–H and O–H groups in total. The Hall–Kier alpha value is -1.92. The summed E-state index contributed by atoms with van der Waals surface area (Å²) in [6.07, 6.45) is 5.32. The van der Waals surface area contributed by atoms with Gasteiger partial charge in [0.05, 0.1) is 11.9 Å². The molecule has 3 heterocycles. The van der Waals surface area contributed by atoms with Crippen LogP contribution in [-0.4, -0.2) is 29.4 Å². The minimum atomic E-state index is -0.149. The Morgan fingerprint density at radius 1 is 1.30 bits per heavy atom. The Morgan fingerprint density at radius 2 is 2.05 bits per heavy atom. The number of rotatable bonds is 2. The van der Waals surface area contributed by atoms with E-state index in [4.69, 9.17) is 11.6 Å². The summed E-state index contributed by atoms with van der Waals surface area (Å²) in [5.74, 6) is 0. The zero-order chi connectivity index (χ0) is 14.7. The van der Waals surface area contributed by atoms with Gasteiger partial charge in [0, 0.05) is 30.4 Å². The quantitative estimate of drug-likeness (QED) is 0.737. The van der Waals surface area contributed by atoms with Crippen LogP contribution in [0.1, 0.15) is 13.8 Å². The van der Waals surface area contributed by atoms with Crippen molar-refractivity contribution in [1.82, 2.24) is 24.3 Å². The van der Waals surface area contributed by atoms with Gasteiger partial charge in [0.2, 0.25) is 5.28 Å². The van der Waals surface area contributed by atoms with Crippen LogP contribution in [0, 0.1) is 0 Å². The van der Waals surface area contributed by atoms with E-state index in [1.54, 1.807) is 21.6 Å². The van der Waals surface area contributed by atoms with Crippen LogP contribution in [0.4, 0.5) is 0 Å². The summed E-state index contributed by atoms with van der Waals surface area (Å²) in [6, 6.07) is 1.85.